The standard InChI is InChI=1S/C20H25N2/c1-17-6-2-3-7-18(17)10-12-21-13-15-22-14-11-19-8-4-5-9-20(19)16-22/h2-9,16,21H,10-15H2,1H3/q+1. The van der Waals surface area contributed by atoms with Crippen molar-refractivity contribution in [2.45, 2.75) is 19.8 Å². The van der Waals surface area contributed by atoms with E-state index in [0.717, 1.165) is 39.0 Å². The van der Waals surface area contributed by atoms with Crippen molar-refractivity contribution in [3.8, 4) is 0 Å². The predicted octanol–water partition coefficient (Wildman–Crippen LogP) is 2.81. The lowest BCUT2D eigenvalue weighted by molar-refractivity contribution is -0.522. The molecular formula is C20H25N2+. The van der Waals surface area contributed by atoms with E-state index in [4.69, 9.17) is 0 Å². The van der Waals surface area contributed by atoms with E-state index < -0.39 is 0 Å². The summed E-state index contributed by atoms with van der Waals surface area (Å²) in [5, 5.41) is 3.57. The highest BCUT2D eigenvalue weighted by atomic mass is 15.0. The van der Waals surface area contributed by atoms with Crippen LogP contribution in [0.25, 0.3) is 0 Å². The third-order valence-corrected chi connectivity index (χ3v) is 4.45. The first-order chi connectivity index (χ1) is 10.8. The zero-order valence-corrected chi connectivity index (χ0v) is 13.4. The van der Waals surface area contributed by atoms with Crippen LogP contribution in [0.3, 0.4) is 0 Å². The molecule has 0 bridgehead atoms. The van der Waals surface area contributed by atoms with Gasteiger partial charge in [0.05, 0.1) is 6.54 Å². The minimum Gasteiger partial charge on any atom is -0.311 e. The van der Waals surface area contributed by atoms with E-state index in [2.05, 4.69) is 71.6 Å². The average Bonchev–Trinajstić information content (AvgIpc) is 2.56. The van der Waals surface area contributed by atoms with Gasteiger partial charge < -0.3 is 5.32 Å². The van der Waals surface area contributed by atoms with Gasteiger partial charge in [-0.15, -0.1) is 0 Å². The molecule has 0 aromatic heterocycles. The maximum absolute atomic E-state index is 3.57. The Morgan fingerprint density at radius 3 is 2.73 bits per heavy atom. The Morgan fingerprint density at radius 2 is 1.82 bits per heavy atom. The van der Waals surface area contributed by atoms with Crippen LogP contribution in [0.1, 0.15) is 22.3 Å². The largest absolute Gasteiger partial charge is 0.311 e. The number of benzene rings is 2. The summed E-state index contributed by atoms with van der Waals surface area (Å²) in [6, 6.07) is 17.4. The molecule has 1 N–H and O–H groups in total. The van der Waals surface area contributed by atoms with Crippen LogP contribution in [0.4, 0.5) is 0 Å². The molecular weight excluding hydrogens is 268 g/mol. The van der Waals surface area contributed by atoms with Gasteiger partial charge in [-0.25, -0.2) is 4.58 Å². The molecule has 2 aromatic carbocycles. The molecule has 2 heteroatoms. The van der Waals surface area contributed by atoms with Gasteiger partial charge in [-0.1, -0.05) is 42.5 Å². The molecule has 0 aliphatic carbocycles. The molecule has 22 heavy (non-hydrogen) atoms. The van der Waals surface area contributed by atoms with Crippen LogP contribution in [0.5, 0.6) is 0 Å². The number of hydrogen-bond acceptors (Lipinski definition) is 1. The SMILES string of the molecule is Cc1ccccc1CCNCC[N+]1=Cc2ccccc2CC1. The molecule has 2 aromatic rings. The lowest BCUT2D eigenvalue weighted by Gasteiger charge is -2.12. The molecule has 0 unspecified atom stereocenters. The zero-order chi connectivity index (χ0) is 15.2. The fourth-order valence-electron chi connectivity index (χ4n) is 3.05. The smallest absolute Gasteiger partial charge is 0.171 e. The fourth-order valence-corrected chi connectivity index (χ4v) is 3.05. The first-order valence-electron chi connectivity index (χ1n) is 8.25. The molecule has 0 spiro atoms. The molecule has 1 heterocycles. The summed E-state index contributed by atoms with van der Waals surface area (Å²) >= 11 is 0. The van der Waals surface area contributed by atoms with E-state index in [9.17, 15) is 0 Å². The Bertz CT molecular complexity index is 658. The monoisotopic (exact) mass is 293 g/mol. The first kappa shape index (κ1) is 15.0. The second-order valence-electron chi connectivity index (χ2n) is 6.04. The summed E-state index contributed by atoms with van der Waals surface area (Å²) in [6.45, 7) is 6.51. The van der Waals surface area contributed by atoms with Crippen LogP contribution in [0.2, 0.25) is 0 Å². The summed E-state index contributed by atoms with van der Waals surface area (Å²) in [5.74, 6) is 0. The van der Waals surface area contributed by atoms with Gasteiger partial charge in [0.1, 0.15) is 6.54 Å². The number of nitrogens with zero attached hydrogens (tertiary/aromatic N) is 1. The van der Waals surface area contributed by atoms with Crippen molar-refractivity contribution in [1.82, 2.24) is 5.32 Å². The lowest BCUT2D eigenvalue weighted by Crippen LogP contribution is -2.31. The van der Waals surface area contributed by atoms with Gasteiger partial charge in [-0.3, -0.25) is 0 Å². The van der Waals surface area contributed by atoms with Crippen LogP contribution < -0.4 is 5.32 Å². The van der Waals surface area contributed by atoms with E-state index in [1.54, 1.807) is 0 Å². The van der Waals surface area contributed by atoms with E-state index in [0.29, 0.717) is 0 Å². The number of rotatable bonds is 6. The molecule has 2 nitrogen and oxygen atoms in total. The maximum atomic E-state index is 3.57. The molecule has 114 valence electrons. The van der Waals surface area contributed by atoms with Crippen molar-refractivity contribution in [3.05, 3.63) is 70.8 Å². The summed E-state index contributed by atoms with van der Waals surface area (Å²) in [7, 11) is 0. The fraction of sp³-hybridized carbons (Fsp3) is 0.350. The minimum absolute atomic E-state index is 1.05. The van der Waals surface area contributed by atoms with Gasteiger partial charge in [0.2, 0.25) is 0 Å². The minimum atomic E-state index is 1.05. The normalized spacial score (nSPS) is 13.6. The molecule has 0 saturated heterocycles. The van der Waals surface area contributed by atoms with Crippen molar-refractivity contribution in [3.63, 3.8) is 0 Å². The second-order valence-corrected chi connectivity index (χ2v) is 6.04. The molecule has 0 amide bonds. The number of aryl methyl sites for hydroxylation is 1. The Morgan fingerprint density at radius 1 is 1.00 bits per heavy atom. The van der Waals surface area contributed by atoms with E-state index in [-0.39, 0.29) is 0 Å². The Labute approximate surface area is 133 Å². The molecule has 0 saturated carbocycles. The van der Waals surface area contributed by atoms with E-state index in [1.807, 2.05) is 0 Å². The Hall–Kier alpha value is -1.93. The highest BCUT2D eigenvalue weighted by Gasteiger charge is 2.14. The first-order valence-corrected chi connectivity index (χ1v) is 8.25. The van der Waals surface area contributed by atoms with Gasteiger partial charge in [0.15, 0.2) is 12.8 Å². The maximum Gasteiger partial charge on any atom is 0.171 e. The molecule has 3 rings (SSSR count). The van der Waals surface area contributed by atoms with Crippen LogP contribution >= 0.6 is 0 Å². The van der Waals surface area contributed by atoms with Crippen molar-refractivity contribution in [1.29, 1.82) is 0 Å². The van der Waals surface area contributed by atoms with Gasteiger partial charge in [-0.2, -0.15) is 0 Å². The summed E-state index contributed by atoms with van der Waals surface area (Å²) < 4.78 is 2.43. The summed E-state index contributed by atoms with van der Waals surface area (Å²) in [4.78, 5) is 0. The van der Waals surface area contributed by atoms with E-state index in [1.165, 1.54) is 22.3 Å². The zero-order valence-electron chi connectivity index (χ0n) is 13.4. The number of hydrogen-bond donors (Lipinski definition) is 1. The van der Waals surface area contributed by atoms with Gasteiger partial charge >= 0.3 is 0 Å². The molecule has 0 fully saturated rings. The third kappa shape index (κ3) is 3.83. The van der Waals surface area contributed by atoms with Crippen molar-refractivity contribution in [2.75, 3.05) is 26.2 Å². The van der Waals surface area contributed by atoms with Crippen LogP contribution in [-0.2, 0) is 12.8 Å². The molecule has 1 aliphatic heterocycles. The summed E-state index contributed by atoms with van der Waals surface area (Å²) in [6.07, 6.45) is 4.58. The highest BCUT2D eigenvalue weighted by Crippen LogP contribution is 2.11. The van der Waals surface area contributed by atoms with E-state index >= 15 is 0 Å². The van der Waals surface area contributed by atoms with Gasteiger partial charge in [-0.05, 0) is 42.6 Å². The number of nitrogens with one attached hydrogen (secondary N) is 1. The average molecular weight is 293 g/mol. The molecule has 0 radical (unpaired) electrons. The molecule has 1 aliphatic rings. The third-order valence-electron chi connectivity index (χ3n) is 4.45. The predicted molar refractivity (Wildman–Crippen MR) is 93.1 cm³/mol. The van der Waals surface area contributed by atoms with Crippen molar-refractivity contribution < 1.29 is 4.58 Å². The van der Waals surface area contributed by atoms with Gasteiger partial charge in [0, 0.05) is 12.0 Å². The van der Waals surface area contributed by atoms with Crippen molar-refractivity contribution >= 4 is 6.21 Å². The summed E-state index contributed by atoms with van der Waals surface area (Å²) in [5.41, 5.74) is 5.71. The number of fused-ring (bicyclic) bond motifs is 1. The van der Waals surface area contributed by atoms with Crippen LogP contribution in [0, 0.1) is 6.92 Å². The lowest BCUT2D eigenvalue weighted by atomic mass is 10.0. The van der Waals surface area contributed by atoms with Crippen LogP contribution in [0.15, 0.2) is 48.5 Å². The Kier molecular flexibility index (Phi) is 5.02. The highest BCUT2D eigenvalue weighted by molar-refractivity contribution is 5.78. The Balaban J connectivity index is 1.43. The quantitative estimate of drug-likeness (QED) is 0.639. The topological polar surface area (TPSA) is 15.0 Å². The molecule has 0 atom stereocenters. The van der Waals surface area contributed by atoms with Crippen LogP contribution in [-0.4, -0.2) is 37.0 Å². The van der Waals surface area contributed by atoms with Gasteiger partial charge in [0.25, 0.3) is 0 Å². The second kappa shape index (κ2) is 7.37. The van der Waals surface area contributed by atoms with Crippen molar-refractivity contribution in [2.24, 2.45) is 0 Å².